The Balaban J connectivity index is 1.47. The number of aryl methyl sites for hydroxylation is 2. The fraction of sp³-hybridized carbons (Fsp3) is 0.240. The van der Waals surface area contributed by atoms with Crippen LogP contribution in [0.5, 0.6) is 5.75 Å². The van der Waals surface area contributed by atoms with Crippen molar-refractivity contribution >= 4 is 21.6 Å². The molecule has 0 aliphatic rings. The third-order valence-electron chi connectivity index (χ3n) is 5.01. The summed E-state index contributed by atoms with van der Waals surface area (Å²) >= 11 is 0. The van der Waals surface area contributed by atoms with Crippen molar-refractivity contribution in [3.8, 4) is 5.75 Å². The molecule has 0 aliphatic heterocycles. The van der Waals surface area contributed by atoms with Crippen molar-refractivity contribution < 1.29 is 17.9 Å². The van der Waals surface area contributed by atoms with Gasteiger partial charge in [0.1, 0.15) is 5.75 Å². The zero-order valence-electron chi connectivity index (χ0n) is 18.2. The van der Waals surface area contributed by atoms with Gasteiger partial charge in [0, 0.05) is 6.04 Å². The van der Waals surface area contributed by atoms with Gasteiger partial charge in [-0.3, -0.25) is 9.52 Å². The van der Waals surface area contributed by atoms with Crippen LogP contribution in [0.3, 0.4) is 0 Å². The lowest BCUT2D eigenvalue weighted by atomic mass is 10.1. The van der Waals surface area contributed by atoms with Gasteiger partial charge in [0.2, 0.25) is 0 Å². The van der Waals surface area contributed by atoms with Gasteiger partial charge in [0.25, 0.3) is 15.9 Å². The predicted molar refractivity (Wildman–Crippen MR) is 126 cm³/mol. The van der Waals surface area contributed by atoms with E-state index in [0.717, 1.165) is 18.4 Å². The van der Waals surface area contributed by atoms with Crippen molar-refractivity contribution in [2.75, 3.05) is 11.3 Å². The molecule has 3 rings (SSSR count). The molecule has 0 saturated carbocycles. The molecule has 32 heavy (non-hydrogen) atoms. The molecule has 0 aliphatic carbocycles. The van der Waals surface area contributed by atoms with Gasteiger partial charge in [0.05, 0.1) is 10.6 Å². The van der Waals surface area contributed by atoms with Gasteiger partial charge in [-0.15, -0.1) is 0 Å². The Kier molecular flexibility index (Phi) is 7.89. The van der Waals surface area contributed by atoms with Gasteiger partial charge < -0.3 is 10.1 Å². The largest absolute Gasteiger partial charge is 0.484 e. The highest BCUT2D eigenvalue weighted by atomic mass is 32.2. The van der Waals surface area contributed by atoms with Crippen molar-refractivity contribution in [2.45, 2.75) is 37.6 Å². The first kappa shape index (κ1) is 23.3. The average Bonchev–Trinajstić information content (AvgIpc) is 2.79. The van der Waals surface area contributed by atoms with Crippen molar-refractivity contribution in [2.24, 2.45) is 0 Å². The highest BCUT2D eigenvalue weighted by Gasteiger charge is 2.15. The first-order valence-electron chi connectivity index (χ1n) is 10.5. The molecule has 0 spiro atoms. The first-order chi connectivity index (χ1) is 15.3. The fourth-order valence-corrected chi connectivity index (χ4v) is 4.30. The van der Waals surface area contributed by atoms with Crippen LogP contribution in [0, 0.1) is 6.92 Å². The van der Waals surface area contributed by atoms with Crippen LogP contribution in [0.25, 0.3) is 0 Å². The number of ether oxygens (including phenoxy) is 1. The molecule has 0 unspecified atom stereocenters. The molecule has 6 nitrogen and oxygen atoms in total. The quantitative estimate of drug-likeness (QED) is 0.480. The summed E-state index contributed by atoms with van der Waals surface area (Å²) in [7, 11) is -3.71. The molecule has 0 radical (unpaired) electrons. The summed E-state index contributed by atoms with van der Waals surface area (Å²) in [5, 5.41) is 2.92. The minimum atomic E-state index is -3.71. The molecule has 0 aromatic heterocycles. The second kappa shape index (κ2) is 10.8. The Morgan fingerprint density at radius 3 is 2.28 bits per heavy atom. The summed E-state index contributed by atoms with van der Waals surface area (Å²) in [4.78, 5) is 12.3. The molecule has 3 aromatic rings. The number of sulfonamides is 1. The third-order valence-corrected chi connectivity index (χ3v) is 6.39. The maximum absolute atomic E-state index is 12.6. The zero-order chi connectivity index (χ0) is 23.0. The van der Waals surface area contributed by atoms with Crippen LogP contribution >= 0.6 is 0 Å². The highest BCUT2D eigenvalue weighted by molar-refractivity contribution is 7.92. The number of amides is 1. The summed E-state index contributed by atoms with van der Waals surface area (Å²) in [5.41, 5.74) is 2.60. The van der Waals surface area contributed by atoms with Gasteiger partial charge in [-0.25, -0.2) is 8.42 Å². The van der Waals surface area contributed by atoms with Gasteiger partial charge in [-0.05, 0) is 68.1 Å². The third kappa shape index (κ3) is 6.85. The molecule has 0 saturated heterocycles. The summed E-state index contributed by atoms with van der Waals surface area (Å²) in [5.74, 6) is 0.204. The van der Waals surface area contributed by atoms with E-state index in [1.54, 1.807) is 24.3 Å². The van der Waals surface area contributed by atoms with Crippen LogP contribution < -0.4 is 14.8 Å². The lowest BCUT2D eigenvalue weighted by Crippen LogP contribution is -2.36. The number of hydrogen-bond donors (Lipinski definition) is 2. The Bertz CT molecular complexity index is 1130. The molecule has 2 N–H and O–H groups in total. The van der Waals surface area contributed by atoms with Gasteiger partial charge in [-0.2, -0.15) is 0 Å². The van der Waals surface area contributed by atoms with Gasteiger partial charge in [0.15, 0.2) is 6.61 Å². The van der Waals surface area contributed by atoms with E-state index >= 15 is 0 Å². The molecule has 0 fully saturated rings. The van der Waals surface area contributed by atoms with Crippen LogP contribution in [0.4, 0.5) is 5.69 Å². The number of rotatable bonds is 10. The van der Waals surface area contributed by atoms with E-state index in [4.69, 9.17) is 4.74 Å². The van der Waals surface area contributed by atoms with Crippen LogP contribution in [0.2, 0.25) is 0 Å². The van der Waals surface area contributed by atoms with E-state index in [2.05, 4.69) is 22.2 Å². The Morgan fingerprint density at radius 1 is 0.938 bits per heavy atom. The molecule has 0 bridgehead atoms. The molecule has 3 aromatic carbocycles. The van der Waals surface area contributed by atoms with Crippen LogP contribution in [-0.4, -0.2) is 27.0 Å². The SMILES string of the molecule is Cc1ccccc1NS(=O)(=O)c1ccc(OCC(=O)N[C@H](C)CCc2ccccc2)cc1. The first-order valence-corrected chi connectivity index (χ1v) is 12.0. The molecular weight excluding hydrogens is 424 g/mol. The van der Waals surface area contributed by atoms with E-state index in [-0.39, 0.29) is 23.5 Å². The normalized spacial score (nSPS) is 12.1. The van der Waals surface area contributed by atoms with E-state index in [0.29, 0.717) is 11.4 Å². The van der Waals surface area contributed by atoms with Crippen LogP contribution in [0.1, 0.15) is 24.5 Å². The topological polar surface area (TPSA) is 84.5 Å². The molecular formula is C25H28N2O4S. The van der Waals surface area contributed by atoms with Gasteiger partial charge >= 0.3 is 0 Å². The molecule has 1 atom stereocenters. The number of nitrogens with one attached hydrogen (secondary N) is 2. The summed E-state index contributed by atoms with van der Waals surface area (Å²) < 4.78 is 33.3. The number of carbonyl (C=O) groups excluding carboxylic acids is 1. The lowest BCUT2D eigenvalue weighted by molar-refractivity contribution is -0.123. The monoisotopic (exact) mass is 452 g/mol. The van der Waals surface area contributed by atoms with Crippen molar-refractivity contribution in [3.63, 3.8) is 0 Å². The predicted octanol–water partition coefficient (Wildman–Crippen LogP) is 4.31. The second-order valence-corrected chi connectivity index (χ2v) is 9.36. The van der Waals surface area contributed by atoms with Crippen LogP contribution in [-0.2, 0) is 21.2 Å². The smallest absolute Gasteiger partial charge is 0.261 e. The van der Waals surface area contributed by atoms with Crippen LogP contribution in [0.15, 0.2) is 83.8 Å². The molecule has 0 heterocycles. The standard InChI is InChI=1S/C25H28N2O4S/c1-19-8-6-7-11-24(19)27-32(29,30)23-16-14-22(15-17-23)31-18-25(28)26-20(2)12-13-21-9-4-3-5-10-21/h3-11,14-17,20,27H,12-13,18H2,1-2H3,(H,26,28)/t20-/m1/s1. The van der Waals surface area contributed by atoms with Crippen molar-refractivity contribution in [3.05, 3.63) is 90.0 Å². The second-order valence-electron chi connectivity index (χ2n) is 7.67. The van der Waals surface area contributed by atoms with E-state index in [1.807, 2.05) is 44.2 Å². The van der Waals surface area contributed by atoms with Crippen molar-refractivity contribution in [1.82, 2.24) is 5.32 Å². The summed E-state index contributed by atoms with van der Waals surface area (Å²) in [6.07, 6.45) is 1.71. The maximum Gasteiger partial charge on any atom is 0.261 e. The number of benzene rings is 3. The lowest BCUT2D eigenvalue weighted by Gasteiger charge is -2.14. The number of hydrogen-bond acceptors (Lipinski definition) is 4. The zero-order valence-corrected chi connectivity index (χ0v) is 19.1. The Morgan fingerprint density at radius 2 is 1.59 bits per heavy atom. The van der Waals surface area contributed by atoms with Gasteiger partial charge in [-0.1, -0.05) is 48.5 Å². The average molecular weight is 453 g/mol. The van der Waals surface area contributed by atoms with E-state index in [1.165, 1.54) is 17.7 Å². The van der Waals surface area contributed by atoms with E-state index < -0.39 is 10.0 Å². The number of para-hydroxylation sites is 1. The Labute approximate surface area is 189 Å². The summed E-state index contributed by atoms with van der Waals surface area (Å²) in [6, 6.07) is 23.3. The molecule has 7 heteroatoms. The molecule has 168 valence electrons. The summed E-state index contributed by atoms with van der Waals surface area (Å²) in [6.45, 7) is 3.66. The maximum atomic E-state index is 12.6. The minimum Gasteiger partial charge on any atom is -0.484 e. The number of anilines is 1. The minimum absolute atomic E-state index is 0.0198. The Hall–Kier alpha value is -3.32. The molecule has 1 amide bonds. The highest BCUT2D eigenvalue weighted by Crippen LogP contribution is 2.21. The number of carbonyl (C=O) groups is 1. The van der Waals surface area contributed by atoms with Crippen molar-refractivity contribution in [1.29, 1.82) is 0 Å². The van der Waals surface area contributed by atoms with E-state index in [9.17, 15) is 13.2 Å². The fourth-order valence-electron chi connectivity index (χ4n) is 3.17.